The summed E-state index contributed by atoms with van der Waals surface area (Å²) >= 11 is 0. The van der Waals surface area contributed by atoms with Crippen LogP contribution >= 0.6 is 0 Å². The van der Waals surface area contributed by atoms with Crippen molar-refractivity contribution in [1.82, 2.24) is 15.1 Å². The number of nitrogens with one attached hydrogen (secondary N) is 1. The van der Waals surface area contributed by atoms with Gasteiger partial charge in [-0.15, -0.1) is 0 Å². The standard InChI is InChI=1S/C20H21F3N4O/c1-12-9-16(26-27(12)5)18(28)25-17(19(2,3)4)15(11-24)13-7-6-8-14(10-13)20(21,22)23/h6-10H,1-5H3,(H,25,28)/b17-15-. The second-order valence-corrected chi connectivity index (χ2v) is 7.44. The van der Waals surface area contributed by atoms with Crippen LogP contribution in [0, 0.1) is 23.7 Å². The molecule has 2 aromatic rings. The molecule has 28 heavy (non-hydrogen) atoms. The molecule has 1 aromatic carbocycles. The highest BCUT2D eigenvalue weighted by Crippen LogP contribution is 2.34. The van der Waals surface area contributed by atoms with Gasteiger partial charge in [0.05, 0.1) is 11.1 Å². The van der Waals surface area contributed by atoms with E-state index in [2.05, 4.69) is 10.4 Å². The van der Waals surface area contributed by atoms with Crippen molar-refractivity contribution in [3.63, 3.8) is 0 Å². The molecule has 8 heteroatoms. The molecule has 0 fully saturated rings. The van der Waals surface area contributed by atoms with Crippen LogP contribution in [0.4, 0.5) is 13.2 Å². The molecule has 1 aromatic heterocycles. The van der Waals surface area contributed by atoms with Crippen LogP contribution in [0.1, 0.15) is 48.1 Å². The Balaban J connectivity index is 2.57. The summed E-state index contributed by atoms with van der Waals surface area (Å²) in [5.41, 5.74) is -0.369. The van der Waals surface area contributed by atoms with E-state index in [0.717, 1.165) is 17.8 Å². The van der Waals surface area contributed by atoms with Gasteiger partial charge in [0, 0.05) is 23.9 Å². The molecule has 148 valence electrons. The van der Waals surface area contributed by atoms with Gasteiger partial charge in [0.15, 0.2) is 5.69 Å². The Kier molecular flexibility index (Phi) is 5.69. The Morgan fingerprint density at radius 2 is 1.86 bits per heavy atom. The molecule has 0 unspecified atom stereocenters. The molecule has 0 spiro atoms. The van der Waals surface area contributed by atoms with Crippen LogP contribution in [0.2, 0.25) is 0 Å². The number of carbonyl (C=O) groups is 1. The molecule has 1 amide bonds. The summed E-state index contributed by atoms with van der Waals surface area (Å²) in [7, 11) is 1.69. The van der Waals surface area contributed by atoms with E-state index in [1.807, 2.05) is 6.07 Å². The summed E-state index contributed by atoms with van der Waals surface area (Å²) in [4.78, 5) is 12.6. The third-order valence-corrected chi connectivity index (χ3v) is 4.18. The maximum absolute atomic E-state index is 13.1. The molecule has 0 saturated heterocycles. The number of rotatable bonds is 3. The van der Waals surface area contributed by atoms with E-state index in [1.165, 1.54) is 16.8 Å². The van der Waals surface area contributed by atoms with Crippen LogP contribution in [-0.4, -0.2) is 15.7 Å². The Bertz CT molecular complexity index is 953. The first-order chi connectivity index (χ1) is 12.8. The van der Waals surface area contributed by atoms with Gasteiger partial charge in [0.2, 0.25) is 0 Å². The lowest BCUT2D eigenvalue weighted by Crippen LogP contribution is -2.31. The normalized spacial score (nSPS) is 13.0. The summed E-state index contributed by atoms with van der Waals surface area (Å²) in [5.74, 6) is -0.534. The molecule has 0 bridgehead atoms. The van der Waals surface area contributed by atoms with Crippen LogP contribution in [0.5, 0.6) is 0 Å². The lowest BCUT2D eigenvalue weighted by atomic mass is 9.86. The predicted molar refractivity (Wildman–Crippen MR) is 98.8 cm³/mol. The second kappa shape index (κ2) is 7.50. The van der Waals surface area contributed by atoms with E-state index in [1.54, 1.807) is 40.8 Å². The number of carbonyl (C=O) groups excluding carboxylic acids is 1. The predicted octanol–water partition coefficient (Wildman–Crippen LogP) is 4.46. The Labute approximate surface area is 161 Å². The van der Waals surface area contributed by atoms with E-state index < -0.39 is 23.1 Å². The van der Waals surface area contributed by atoms with E-state index in [4.69, 9.17) is 0 Å². The van der Waals surface area contributed by atoms with Crippen molar-refractivity contribution in [2.75, 3.05) is 0 Å². The summed E-state index contributed by atoms with van der Waals surface area (Å²) in [6.45, 7) is 7.07. The summed E-state index contributed by atoms with van der Waals surface area (Å²) in [6.07, 6.45) is -4.53. The molecule has 1 heterocycles. The van der Waals surface area contributed by atoms with E-state index in [0.29, 0.717) is 0 Å². The number of aryl methyl sites for hydroxylation is 2. The van der Waals surface area contributed by atoms with Gasteiger partial charge >= 0.3 is 6.18 Å². The van der Waals surface area contributed by atoms with Gasteiger partial charge in [-0.25, -0.2) is 0 Å². The Hall–Kier alpha value is -3.08. The monoisotopic (exact) mass is 390 g/mol. The number of allylic oxidation sites excluding steroid dienone is 2. The summed E-state index contributed by atoms with van der Waals surface area (Å²) in [6, 6.07) is 8.03. The van der Waals surface area contributed by atoms with Crippen molar-refractivity contribution >= 4 is 11.5 Å². The second-order valence-electron chi connectivity index (χ2n) is 7.44. The first kappa shape index (κ1) is 21.2. The molecule has 0 aliphatic carbocycles. The molecule has 0 aliphatic heterocycles. The lowest BCUT2D eigenvalue weighted by Gasteiger charge is -2.25. The Morgan fingerprint density at radius 3 is 2.32 bits per heavy atom. The molecule has 0 aliphatic rings. The van der Waals surface area contributed by atoms with Crippen molar-refractivity contribution in [2.24, 2.45) is 12.5 Å². The third kappa shape index (κ3) is 4.60. The highest BCUT2D eigenvalue weighted by atomic mass is 19.4. The van der Waals surface area contributed by atoms with Gasteiger partial charge < -0.3 is 5.32 Å². The van der Waals surface area contributed by atoms with E-state index in [9.17, 15) is 23.2 Å². The van der Waals surface area contributed by atoms with Gasteiger partial charge in [0.1, 0.15) is 6.07 Å². The average Bonchev–Trinajstić information content (AvgIpc) is 2.92. The third-order valence-electron chi connectivity index (χ3n) is 4.18. The summed E-state index contributed by atoms with van der Waals surface area (Å²) in [5, 5.41) is 16.5. The minimum absolute atomic E-state index is 0.0281. The number of amides is 1. The zero-order valence-corrected chi connectivity index (χ0v) is 16.3. The molecule has 5 nitrogen and oxygen atoms in total. The maximum Gasteiger partial charge on any atom is 0.416 e. The van der Waals surface area contributed by atoms with Gasteiger partial charge in [-0.3, -0.25) is 9.48 Å². The number of aromatic nitrogens is 2. The molecule has 0 saturated carbocycles. The zero-order chi connectivity index (χ0) is 21.3. The number of benzene rings is 1. The molecule has 0 atom stereocenters. The smallest absolute Gasteiger partial charge is 0.322 e. The fourth-order valence-electron chi connectivity index (χ4n) is 2.59. The van der Waals surface area contributed by atoms with Crippen LogP contribution in [0.25, 0.3) is 5.57 Å². The zero-order valence-electron chi connectivity index (χ0n) is 16.3. The van der Waals surface area contributed by atoms with Gasteiger partial charge in [-0.1, -0.05) is 32.9 Å². The highest BCUT2D eigenvalue weighted by molar-refractivity contribution is 5.95. The van der Waals surface area contributed by atoms with Gasteiger partial charge in [-0.05, 0) is 30.7 Å². The minimum atomic E-state index is -4.53. The number of hydrogen-bond donors (Lipinski definition) is 1. The average molecular weight is 390 g/mol. The maximum atomic E-state index is 13.1. The molecular weight excluding hydrogens is 369 g/mol. The van der Waals surface area contributed by atoms with Crippen LogP contribution < -0.4 is 5.32 Å². The van der Waals surface area contributed by atoms with Crippen molar-refractivity contribution in [2.45, 2.75) is 33.9 Å². The van der Waals surface area contributed by atoms with Gasteiger partial charge in [0.25, 0.3) is 5.91 Å². The number of halogens is 3. The number of hydrogen-bond acceptors (Lipinski definition) is 3. The molecule has 2 rings (SSSR count). The summed E-state index contributed by atoms with van der Waals surface area (Å²) < 4.78 is 40.7. The quantitative estimate of drug-likeness (QED) is 0.787. The van der Waals surface area contributed by atoms with Crippen LogP contribution in [-0.2, 0) is 13.2 Å². The molecule has 0 radical (unpaired) electrons. The minimum Gasteiger partial charge on any atom is -0.322 e. The lowest BCUT2D eigenvalue weighted by molar-refractivity contribution is -0.137. The first-order valence-corrected chi connectivity index (χ1v) is 8.49. The number of alkyl halides is 3. The number of nitrogens with zero attached hydrogens (tertiary/aromatic N) is 3. The fraction of sp³-hybridized carbons (Fsp3) is 0.350. The van der Waals surface area contributed by atoms with Crippen LogP contribution in [0.15, 0.2) is 36.0 Å². The molecular formula is C20H21F3N4O. The van der Waals surface area contributed by atoms with Crippen molar-refractivity contribution in [3.8, 4) is 6.07 Å². The van der Waals surface area contributed by atoms with E-state index >= 15 is 0 Å². The highest BCUT2D eigenvalue weighted by Gasteiger charge is 2.32. The van der Waals surface area contributed by atoms with Crippen molar-refractivity contribution in [3.05, 3.63) is 58.5 Å². The fourth-order valence-corrected chi connectivity index (χ4v) is 2.59. The Morgan fingerprint density at radius 1 is 1.21 bits per heavy atom. The first-order valence-electron chi connectivity index (χ1n) is 8.49. The largest absolute Gasteiger partial charge is 0.416 e. The topological polar surface area (TPSA) is 70.7 Å². The molecule has 1 N–H and O–H groups in total. The SMILES string of the molecule is Cc1cc(C(=O)N/C(=C(/C#N)c2cccc(C(F)(F)F)c2)C(C)(C)C)nn1C. The van der Waals surface area contributed by atoms with Gasteiger partial charge in [-0.2, -0.15) is 23.5 Å². The number of nitriles is 1. The van der Waals surface area contributed by atoms with Crippen molar-refractivity contribution < 1.29 is 18.0 Å². The van der Waals surface area contributed by atoms with Crippen LogP contribution in [0.3, 0.4) is 0 Å². The van der Waals surface area contributed by atoms with E-state index in [-0.39, 0.29) is 22.5 Å². The van der Waals surface area contributed by atoms with Crippen molar-refractivity contribution in [1.29, 1.82) is 5.26 Å².